The van der Waals surface area contributed by atoms with Crippen molar-refractivity contribution in [3.05, 3.63) is 0 Å². The summed E-state index contributed by atoms with van der Waals surface area (Å²) >= 11 is 17.5. The van der Waals surface area contributed by atoms with E-state index >= 15 is 0 Å². The van der Waals surface area contributed by atoms with Gasteiger partial charge >= 0.3 is 0 Å². The van der Waals surface area contributed by atoms with Crippen LogP contribution in [0.4, 0.5) is 0 Å². The summed E-state index contributed by atoms with van der Waals surface area (Å²) in [7, 11) is 0. The maximum atomic E-state index is 5.09. The number of thiol groups is 4. The van der Waals surface area contributed by atoms with Gasteiger partial charge in [0.2, 0.25) is 0 Å². The molecule has 0 spiro atoms. The fourth-order valence-corrected chi connectivity index (χ4v) is 1.42. The second-order valence-corrected chi connectivity index (χ2v) is 5.11. The largest absolute Gasteiger partial charge is 0.290 e. The summed E-state index contributed by atoms with van der Waals surface area (Å²) < 4.78 is 10.2. The summed E-state index contributed by atoms with van der Waals surface area (Å²) in [6.45, 7) is 1.05. The van der Waals surface area contributed by atoms with Crippen LogP contribution in [-0.4, -0.2) is 35.2 Å². The average molecular weight is 279 g/mol. The van der Waals surface area contributed by atoms with E-state index in [9.17, 15) is 0 Å². The van der Waals surface area contributed by atoms with Gasteiger partial charge in [0, 0.05) is 22.0 Å². The van der Waals surface area contributed by atoms with Gasteiger partial charge in [-0.05, 0) is 0 Å². The molecule has 2 unspecified atom stereocenters. The summed E-state index contributed by atoms with van der Waals surface area (Å²) in [6, 6.07) is 0. The quantitative estimate of drug-likeness (QED) is 0.310. The predicted molar refractivity (Wildman–Crippen MR) is 72.7 cm³/mol. The van der Waals surface area contributed by atoms with Crippen LogP contribution in [0.1, 0.15) is 0 Å². The van der Waals surface area contributed by atoms with Gasteiger partial charge in [-0.25, -0.2) is 0 Å². The first kappa shape index (κ1) is 14.7. The van der Waals surface area contributed by atoms with Crippen LogP contribution in [0.2, 0.25) is 0 Å². The summed E-state index contributed by atoms with van der Waals surface area (Å²) in [4.78, 5) is 0. The summed E-state index contributed by atoms with van der Waals surface area (Å²) in [5.74, 6) is 1.38. The molecule has 0 aliphatic heterocycles. The molecule has 2 nitrogen and oxygen atoms in total. The second-order valence-electron chi connectivity index (χ2n) is 2.31. The van der Waals surface area contributed by atoms with Crippen LogP contribution in [0.3, 0.4) is 0 Å². The molecule has 0 bridgehead atoms. The molecule has 0 aromatic carbocycles. The standard InChI is InChI=1S/C6H14O2S5/c9-3-5(11)1-7-13-8-2-6(12)4-10/h5-6,9-12H,1-4H2. The zero-order valence-electron chi connectivity index (χ0n) is 7.00. The average Bonchev–Trinajstić information content (AvgIpc) is 2.16. The topological polar surface area (TPSA) is 18.5 Å². The van der Waals surface area contributed by atoms with Gasteiger partial charge in [-0.3, -0.25) is 8.37 Å². The molecule has 0 heterocycles. The minimum absolute atomic E-state index is 0.149. The van der Waals surface area contributed by atoms with Gasteiger partial charge in [0.25, 0.3) is 0 Å². The van der Waals surface area contributed by atoms with E-state index < -0.39 is 0 Å². The molecule has 7 heteroatoms. The van der Waals surface area contributed by atoms with E-state index in [0.29, 0.717) is 24.7 Å². The van der Waals surface area contributed by atoms with Gasteiger partial charge in [-0.1, -0.05) is 0 Å². The minimum Gasteiger partial charge on any atom is -0.290 e. The Morgan fingerprint density at radius 1 is 0.923 bits per heavy atom. The molecule has 0 aliphatic rings. The lowest BCUT2D eigenvalue weighted by molar-refractivity contribution is 0.293. The molecule has 0 radical (unpaired) electrons. The van der Waals surface area contributed by atoms with E-state index in [0.717, 1.165) is 12.3 Å². The van der Waals surface area contributed by atoms with E-state index in [-0.39, 0.29) is 10.5 Å². The molecule has 80 valence electrons. The maximum Gasteiger partial charge on any atom is 0.158 e. The maximum absolute atomic E-state index is 5.09. The van der Waals surface area contributed by atoms with Crippen LogP contribution in [-0.2, 0) is 8.37 Å². The first-order valence-electron chi connectivity index (χ1n) is 3.69. The smallest absolute Gasteiger partial charge is 0.158 e. The van der Waals surface area contributed by atoms with Crippen LogP contribution in [0.5, 0.6) is 0 Å². The van der Waals surface area contributed by atoms with Crippen molar-refractivity contribution in [2.75, 3.05) is 24.7 Å². The molecular weight excluding hydrogens is 264 g/mol. The van der Waals surface area contributed by atoms with Crippen LogP contribution >= 0.6 is 62.8 Å². The van der Waals surface area contributed by atoms with Crippen molar-refractivity contribution < 1.29 is 8.37 Å². The first-order chi connectivity index (χ1) is 6.20. The van der Waals surface area contributed by atoms with Crippen LogP contribution < -0.4 is 0 Å². The van der Waals surface area contributed by atoms with Crippen molar-refractivity contribution in [3.8, 4) is 0 Å². The lowest BCUT2D eigenvalue weighted by Gasteiger charge is -2.08. The molecule has 13 heavy (non-hydrogen) atoms. The van der Waals surface area contributed by atoms with Crippen molar-refractivity contribution in [1.82, 2.24) is 0 Å². The third-order valence-corrected chi connectivity index (χ3v) is 3.62. The minimum atomic E-state index is 0.149. The van der Waals surface area contributed by atoms with Crippen molar-refractivity contribution in [3.63, 3.8) is 0 Å². The number of hydrogen-bond acceptors (Lipinski definition) is 7. The zero-order chi connectivity index (χ0) is 10.1. The normalized spacial score (nSPS) is 15.7. The molecule has 0 amide bonds. The predicted octanol–water partition coefficient (Wildman–Crippen LogP) is 2.04. The molecule has 0 aromatic rings. The van der Waals surface area contributed by atoms with E-state index in [1.54, 1.807) is 0 Å². The number of hydrogen-bond donors (Lipinski definition) is 4. The van der Waals surface area contributed by atoms with E-state index in [1.807, 2.05) is 0 Å². The summed E-state index contributed by atoms with van der Waals surface area (Å²) in [5, 5.41) is 0.298. The Balaban J connectivity index is 3.08. The van der Waals surface area contributed by atoms with Crippen LogP contribution in [0.15, 0.2) is 0 Å². The van der Waals surface area contributed by atoms with Gasteiger partial charge in [0.05, 0.1) is 13.2 Å². The Hall–Kier alpha value is 1.67. The summed E-state index contributed by atoms with van der Waals surface area (Å²) in [5.41, 5.74) is 0. The van der Waals surface area contributed by atoms with E-state index in [4.69, 9.17) is 8.37 Å². The van der Waals surface area contributed by atoms with Gasteiger partial charge in [0.15, 0.2) is 12.3 Å². The Morgan fingerprint density at radius 2 is 1.31 bits per heavy atom. The SMILES string of the molecule is SCC(S)COSOCC(S)CS. The van der Waals surface area contributed by atoms with Crippen molar-refractivity contribution >= 4 is 62.8 Å². The highest BCUT2D eigenvalue weighted by atomic mass is 32.2. The third-order valence-electron chi connectivity index (χ3n) is 1.04. The molecule has 0 saturated carbocycles. The molecule has 2 atom stereocenters. The molecule has 0 rings (SSSR count). The fraction of sp³-hybridized carbons (Fsp3) is 1.00. The highest BCUT2D eigenvalue weighted by Crippen LogP contribution is 2.10. The fourth-order valence-electron chi connectivity index (χ4n) is 0.352. The molecule has 0 fully saturated rings. The summed E-state index contributed by atoms with van der Waals surface area (Å²) in [6.07, 6.45) is 0. The van der Waals surface area contributed by atoms with Crippen molar-refractivity contribution in [2.24, 2.45) is 0 Å². The van der Waals surface area contributed by atoms with E-state index in [1.165, 1.54) is 0 Å². The Bertz CT molecular complexity index is 103. The van der Waals surface area contributed by atoms with E-state index in [2.05, 4.69) is 50.5 Å². The lowest BCUT2D eigenvalue weighted by Crippen LogP contribution is -2.10. The van der Waals surface area contributed by atoms with Crippen molar-refractivity contribution in [2.45, 2.75) is 10.5 Å². The van der Waals surface area contributed by atoms with Crippen molar-refractivity contribution in [1.29, 1.82) is 0 Å². The van der Waals surface area contributed by atoms with Crippen LogP contribution in [0.25, 0.3) is 0 Å². The van der Waals surface area contributed by atoms with Crippen LogP contribution in [0, 0.1) is 0 Å². The van der Waals surface area contributed by atoms with Gasteiger partial charge in [-0.2, -0.15) is 50.5 Å². The molecule has 0 aromatic heterocycles. The Labute approximate surface area is 106 Å². The Morgan fingerprint density at radius 3 is 1.62 bits per heavy atom. The molecule has 0 aliphatic carbocycles. The van der Waals surface area contributed by atoms with Gasteiger partial charge < -0.3 is 0 Å². The molecular formula is C6H14O2S5. The Kier molecular flexibility index (Phi) is 11.5. The highest BCUT2D eigenvalue weighted by molar-refractivity contribution is 7.90. The molecule has 0 saturated heterocycles. The number of rotatable bonds is 8. The lowest BCUT2D eigenvalue weighted by atomic mass is 10.5. The second kappa shape index (κ2) is 10.2. The zero-order valence-corrected chi connectivity index (χ0v) is 11.4. The third kappa shape index (κ3) is 9.96. The van der Waals surface area contributed by atoms with Gasteiger partial charge in [0.1, 0.15) is 0 Å². The molecule has 0 N–H and O–H groups in total. The highest BCUT2D eigenvalue weighted by Gasteiger charge is 2.03. The monoisotopic (exact) mass is 278 g/mol. The van der Waals surface area contributed by atoms with Gasteiger partial charge in [-0.15, -0.1) is 0 Å². The first-order valence-corrected chi connectivity index (χ1v) is 6.66.